The van der Waals surface area contributed by atoms with Crippen LogP contribution in [0.3, 0.4) is 0 Å². The highest BCUT2D eigenvalue weighted by Gasteiger charge is 2.30. The van der Waals surface area contributed by atoms with Crippen LogP contribution in [0, 0.1) is 5.92 Å². The van der Waals surface area contributed by atoms with Crippen molar-refractivity contribution < 1.29 is 9.84 Å². The van der Waals surface area contributed by atoms with E-state index >= 15 is 0 Å². The molecule has 1 aliphatic rings. The Labute approximate surface area is 122 Å². The minimum absolute atomic E-state index is 0.435. The highest BCUT2D eigenvalue weighted by molar-refractivity contribution is 5.38. The number of nitrogens with zero attached hydrogens (tertiary/aromatic N) is 1. The number of rotatable bonds is 7. The topological polar surface area (TPSA) is 32.7 Å². The monoisotopic (exact) mass is 277 g/mol. The Balaban J connectivity index is 2.15. The molecular weight excluding hydrogens is 250 g/mol. The minimum Gasteiger partial charge on any atom is -0.494 e. The average molecular weight is 277 g/mol. The average Bonchev–Trinajstić information content (AvgIpc) is 3.24. The number of hydrogen-bond acceptors (Lipinski definition) is 3. The molecule has 0 radical (unpaired) electrons. The first-order chi connectivity index (χ1) is 9.52. The molecule has 3 nitrogen and oxygen atoms in total. The minimum atomic E-state index is -0.435. The van der Waals surface area contributed by atoms with Gasteiger partial charge in [0.25, 0.3) is 0 Å². The van der Waals surface area contributed by atoms with Gasteiger partial charge in [0.1, 0.15) is 5.75 Å². The molecule has 20 heavy (non-hydrogen) atoms. The summed E-state index contributed by atoms with van der Waals surface area (Å²) < 4.78 is 5.72. The summed E-state index contributed by atoms with van der Waals surface area (Å²) in [5.41, 5.74) is 2.12. The molecule has 1 saturated carbocycles. The van der Waals surface area contributed by atoms with Crippen LogP contribution in [-0.4, -0.2) is 29.7 Å². The maximum absolute atomic E-state index is 9.76. The van der Waals surface area contributed by atoms with Gasteiger partial charge in [-0.05, 0) is 64.3 Å². The van der Waals surface area contributed by atoms with Crippen LogP contribution in [0.15, 0.2) is 18.2 Å². The largest absolute Gasteiger partial charge is 0.494 e. The maximum atomic E-state index is 9.76. The van der Waals surface area contributed by atoms with Crippen molar-refractivity contribution in [3.8, 4) is 5.75 Å². The molecule has 1 aliphatic carbocycles. The van der Waals surface area contributed by atoms with Crippen LogP contribution in [0.1, 0.15) is 50.8 Å². The Bertz CT molecular complexity index is 441. The molecule has 1 aromatic rings. The van der Waals surface area contributed by atoms with E-state index < -0.39 is 6.10 Å². The van der Waals surface area contributed by atoms with Gasteiger partial charge in [0.2, 0.25) is 0 Å². The van der Waals surface area contributed by atoms with E-state index in [0.717, 1.165) is 23.8 Å². The predicted octanol–water partition coefficient (Wildman–Crippen LogP) is 3.37. The summed E-state index contributed by atoms with van der Waals surface area (Å²) >= 11 is 0. The van der Waals surface area contributed by atoms with Gasteiger partial charge in [-0.15, -0.1) is 0 Å². The molecule has 3 heteroatoms. The summed E-state index contributed by atoms with van der Waals surface area (Å²) in [6, 6.07) is 6.62. The zero-order valence-corrected chi connectivity index (χ0v) is 13.1. The van der Waals surface area contributed by atoms with Crippen molar-refractivity contribution >= 4 is 0 Å². The second-order valence-electron chi connectivity index (χ2n) is 5.97. The zero-order valence-electron chi connectivity index (χ0n) is 13.1. The van der Waals surface area contributed by atoms with Gasteiger partial charge in [-0.3, -0.25) is 4.90 Å². The van der Waals surface area contributed by atoms with Crippen LogP contribution in [0.25, 0.3) is 0 Å². The van der Waals surface area contributed by atoms with E-state index in [1.54, 1.807) is 6.92 Å². The molecule has 2 rings (SSSR count). The first-order valence-corrected chi connectivity index (χ1v) is 7.66. The van der Waals surface area contributed by atoms with Crippen LogP contribution in [-0.2, 0) is 6.54 Å². The van der Waals surface area contributed by atoms with E-state index in [-0.39, 0.29) is 0 Å². The summed E-state index contributed by atoms with van der Waals surface area (Å²) in [4.78, 5) is 2.39. The smallest absolute Gasteiger partial charge is 0.123 e. The van der Waals surface area contributed by atoms with Crippen molar-refractivity contribution in [1.82, 2.24) is 4.90 Å². The van der Waals surface area contributed by atoms with Gasteiger partial charge >= 0.3 is 0 Å². The molecule has 1 aromatic carbocycles. The third-order valence-electron chi connectivity index (χ3n) is 4.29. The van der Waals surface area contributed by atoms with E-state index in [9.17, 15) is 5.11 Å². The lowest BCUT2D eigenvalue weighted by atomic mass is 10.0. The fourth-order valence-electron chi connectivity index (χ4n) is 2.63. The Morgan fingerprint density at radius 2 is 2.05 bits per heavy atom. The van der Waals surface area contributed by atoms with Crippen molar-refractivity contribution in [1.29, 1.82) is 0 Å². The van der Waals surface area contributed by atoms with Crippen LogP contribution < -0.4 is 4.74 Å². The number of ether oxygens (including phenoxy) is 1. The lowest BCUT2D eigenvalue weighted by Crippen LogP contribution is -2.30. The molecule has 0 spiro atoms. The van der Waals surface area contributed by atoms with E-state index in [1.165, 1.54) is 18.4 Å². The lowest BCUT2D eigenvalue weighted by molar-refractivity contribution is 0.198. The third-order valence-corrected chi connectivity index (χ3v) is 4.29. The molecule has 0 bridgehead atoms. The summed E-state index contributed by atoms with van der Waals surface area (Å²) in [7, 11) is 2.17. The van der Waals surface area contributed by atoms with Crippen molar-refractivity contribution in [2.75, 3.05) is 13.7 Å². The van der Waals surface area contributed by atoms with Gasteiger partial charge in [0.15, 0.2) is 0 Å². The van der Waals surface area contributed by atoms with Crippen LogP contribution in [0.5, 0.6) is 5.75 Å². The molecular formula is C17H27NO2. The highest BCUT2D eigenvalue weighted by Crippen LogP contribution is 2.35. The molecule has 2 atom stereocenters. The fraction of sp³-hybridized carbons (Fsp3) is 0.647. The number of aliphatic hydroxyl groups is 1. The normalized spacial score (nSPS) is 18.1. The van der Waals surface area contributed by atoms with Crippen LogP contribution >= 0.6 is 0 Å². The van der Waals surface area contributed by atoms with Crippen LogP contribution in [0.2, 0.25) is 0 Å². The van der Waals surface area contributed by atoms with Gasteiger partial charge in [-0.2, -0.15) is 0 Å². The Morgan fingerprint density at radius 1 is 1.35 bits per heavy atom. The Kier molecular flexibility index (Phi) is 5.06. The van der Waals surface area contributed by atoms with Gasteiger partial charge < -0.3 is 9.84 Å². The Morgan fingerprint density at radius 3 is 2.60 bits per heavy atom. The summed E-state index contributed by atoms with van der Waals surface area (Å²) in [5.74, 6) is 1.79. The number of aliphatic hydroxyl groups excluding tert-OH is 1. The highest BCUT2D eigenvalue weighted by atomic mass is 16.5. The third kappa shape index (κ3) is 3.74. The Hall–Kier alpha value is -1.06. The van der Waals surface area contributed by atoms with Gasteiger partial charge in [0.05, 0.1) is 12.7 Å². The predicted molar refractivity (Wildman–Crippen MR) is 81.9 cm³/mol. The van der Waals surface area contributed by atoms with Crippen molar-refractivity contribution in [2.24, 2.45) is 5.92 Å². The molecule has 1 N–H and O–H groups in total. The maximum Gasteiger partial charge on any atom is 0.123 e. The van der Waals surface area contributed by atoms with Crippen molar-refractivity contribution in [3.63, 3.8) is 0 Å². The first-order valence-electron chi connectivity index (χ1n) is 7.66. The van der Waals surface area contributed by atoms with E-state index in [1.807, 2.05) is 19.1 Å². The molecule has 0 aliphatic heterocycles. The van der Waals surface area contributed by atoms with Gasteiger partial charge in [0, 0.05) is 18.2 Å². The molecule has 0 heterocycles. The SMILES string of the molecule is CCOc1ccc(C(C)O)cc1CN(C)C(C)C1CC1. The number of benzene rings is 1. The molecule has 0 aromatic heterocycles. The summed E-state index contributed by atoms with van der Waals surface area (Å²) in [6.45, 7) is 7.64. The van der Waals surface area contributed by atoms with E-state index in [4.69, 9.17) is 4.74 Å². The van der Waals surface area contributed by atoms with E-state index in [2.05, 4.69) is 24.9 Å². The molecule has 1 fully saturated rings. The van der Waals surface area contributed by atoms with Gasteiger partial charge in [-0.25, -0.2) is 0 Å². The van der Waals surface area contributed by atoms with Crippen molar-refractivity contribution in [2.45, 2.75) is 52.3 Å². The first kappa shape index (κ1) is 15.3. The number of hydrogen-bond donors (Lipinski definition) is 1. The quantitative estimate of drug-likeness (QED) is 0.829. The molecule has 2 unspecified atom stereocenters. The molecule has 112 valence electrons. The second kappa shape index (κ2) is 6.59. The van der Waals surface area contributed by atoms with Crippen LogP contribution in [0.4, 0.5) is 0 Å². The zero-order chi connectivity index (χ0) is 14.7. The standard InChI is InChI=1S/C17H27NO2/c1-5-20-17-9-8-15(13(3)19)10-16(17)11-18(4)12(2)14-6-7-14/h8-10,12-14,19H,5-7,11H2,1-4H3. The summed E-state index contributed by atoms with van der Waals surface area (Å²) in [5, 5.41) is 9.76. The summed E-state index contributed by atoms with van der Waals surface area (Å²) in [6.07, 6.45) is 2.28. The molecule has 0 saturated heterocycles. The fourth-order valence-corrected chi connectivity index (χ4v) is 2.63. The van der Waals surface area contributed by atoms with Crippen molar-refractivity contribution in [3.05, 3.63) is 29.3 Å². The molecule has 0 amide bonds. The van der Waals surface area contributed by atoms with E-state index in [0.29, 0.717) is 12.6 Å². The second-order valence-corrected chi connectivity index (χ2v) is 5.97. The lowest BCUT2D eigenvalue weighted by Gasteiger charge is -2.26. The van der Waals surface area contributed by atoms with Gasteiger partial charge in [-0.1, -0.05) is 6.07 Å².